The van der Waals surface area contributed by atoms with Gasteiger partial charge < -0.3 is 0 Å². The van der Waals surface area contributed by atoms with Gasteiger partial charge in [-0.25, -0.2) is 0 Å². The van der Waals surface area contributed by atoms with Crippen LogP contribution in [0.15, 0.2) is 0 Å². The number of nitrogens with two attached hydrogens (primary N) is 1. The molecule has 0 aromatic rings. The van der Waals surface area contributed by atoms with E-state index in [2.05, 4.69) is 17.3 Å². The summed E-state index contributed by atoms with van der Waals surface area (Å²) in [7, 11) is 0. The Hall–Kier alpha value is -0.170. The molecular formula is C10H18N2S. The first-order valence-electron chi connectivity index (χ1n) is 4.86. The van der Waals surface area contributed by atoms with E-state index in [0.29, 0.717) is 11.3 Å². The van der Waals surface area contributed by atoms with Gasteiger partial charge in [-0.1, -0.05) is 6.42 Å². The highest BCUT2D eigenvalue weighted by Gasteiger charge is 2.22. The minimum Gasteiger partial charge on any atom is -0.271 e. The van der Waals surface area contributed by atoms with Gasteiger partial charge in [-0.3, -0.25) is 11.3 Å². The topological polar surface area (TPSA) is 38.0 Å². The highest BCUT2D eigenvalue weighted by molar-refractivity contribution is 8.00. The summed E-state index contributed by atoms with van der Waals surface area (Å²) < 4.78 is 0. The van der Waals surface area contributed by atoms with Crippen molar-refractivity contribution in [2.75, 3.05) is 5.75 Å². The van der Waals surface area contributed by atoms with Gasteiger partial charge in [0.25, 0.3) is 0 Å². The van der Waals surface area contributed by atoms with Gasteiger partial charge in [0.1, 0.15) is 0 Å². The largest absolute Gasteiger partial charge is 0.271 e. The minimum atomic E-state index is 0.373. The molecule has 13 heavy (non-hydrogen) atoms. The van der Waals surface area contributed by atoms with Crippen molar-refractivity contribution in [1.82, 2.24) is 5.43 Å². The zero-order valence-corrected chi connectivity index (χ0v) is 8.99. The van der Waals surface area contributed by atoms with Gasteiger partial charge >= 0.3 is 0 Å². The third-order valence-corrected chi connectivity index (χ3v) is 3.89. The van der Waals surface area contributed by atoms with Crippen LogP contribution in [0.5, 0.6) is 0 Å². The summed E-state index contributed by atoms with van der Waals surface area (Å²) in [6.07, 6.45) is 4.86. The van der Waals surface area contributed by atoms with E-state index in [0.717, 1.165) is 6.42 Å². The quantitative estimate of drug-likeness (QED) is 0.410. The Morgan fingerprint density at radius 2 is 2.46 bits per heavy atom. The van der Waals surface area contributed by atoms with Crippen molar-refractivity contribution >= 4 is 11.8 Å². The van der Waals surface area contributed by atoms with Crippen LogP contribution in [-0.4, -0.2) is 17.0 Å². The van der Waals surface area contributed by atoms with E-state index in [1.807, 2.05) is 18.7 Å². The zero-order chi connectivity index (χ0) is 9.52. The van der Waals surface area contributed by atoms with Gasteiger partial charge in [0, 0.05) is 17.7 Å². The number of nitrogens with one attached hydrogen (secondary N) is 1. The number of hydrogen-bond acceptors (Lipinski definition) is 3. The molecule has 0 amide bonds. The molecule has 2 atom stereocenters. The summed E-state index contributed by atoms with van der Waals surface area (Å²) in [5, 5.41) is 0.666. The highest BCUT2D eigenvalue weighted by atomic mass is 32.2. The summed E-state index contributed by atoms with van der Waals surface area (Å²) in [5.74, 6) is 12.8. The number of thioether (sulfide) groups is 1. The molecule has 0 aromatic heterocycles. The molecule has 1 heterocycles. The summed E-state index contributed by atoms with van der Waals surface area (Å²) in [6.45, 7) is 1.88. The van der Waals surface area contributed by atoms with Gasteiger partial charge in [0.05, 0.1) is 0 Å². The van der Waals surface area contributed by atoms with E-state index in [4.69, 9.17) is 5.84 Å². The predicted octanol–water partition coefficient (Wildman–Crippen LogP) is 1.52. The van der Waals surface area contributed by atoms with Crippen LogP contribution in [0, 0.1) is 11.8 Å². The molecule has 0 aromatic carbocycles. The fraction of sp³-hybridized carbons (Fsp3) is 0.800. The third-order valence-electron chi connectivity index (χ3n) is 2.38. The van der Waals surface area contributed by atoms with Crippen molar-refractivity contribution in [1.29, 1.82) is 0 Å². The van der Waals surface area contributed by atoms with Gasteiger partial charge in [0.2, 0.25) is 0 Å². The monoisotopic (exact) mass is 198 g/mol. The molecule has 1 aliphatic rings. The average molecular weight is 198 g/mol. The Morgan fingerprint density at radius 1 is 1.62 bits per heavy atom. The van der Waals surface area contributed by atoms with E-state index in [1.54, 1.807) is 0 Å². The first-order valence-corrected chi connectivity index (χ1v) is 5.90. The van der Waals surface area contributed by atoms with E-state index in [1.165, 1.54) is 25.0 Å². The van der Waals surface area contributed by atoms with Crippen molar-refractivity contribution in [3.63, 3.8) is 0 Å². The second kappa shape index (κ2) is 6.31. The molecular weight excluding hydrogens is 180 g/mol. The standard InChI is InChI=1S/C10H18N2S/c1-2-3-6-9(12-11)10-7-4-5-8-13-10/h9-10,12H,4-8,11H2,1H3. The molecule has 1 rings (SSSR count). The Bertz CT molecular complexity index is 189. The minimum absolute atomic E-state index is 0.373. The molecule has 3 N–H and O–H groups in total. The van der Waals surface area contributed by atoms with E-state index in [-0.39, 0.29) is 0 Å². The molecule has 0 radical (unpaired) electrons. The van der Waals surface area contributed by atoms with Crippen LogP contribution >= 0.6 is 11.8 Å². The van der Waals surface area contributed by atoms with Gasteiger partial charge in [-0.05, 0) is 25.5 Å². The summed E-state index contributed by atoms with van der Waals surface area (Å²) in [5.41, 5.74) is 2.88. The highest BCUT2D eigenvalue weighted by Crippen LogP contribution is 2.28. The summed E-state index contributed by atoms with van der Waals surface area (Å²) in [6, 6.07) is 0.373. The number of hydrazine groups is 1. The van der Waals surface area contributed by atoms with Crippen LogP contribution in [0.4, 0.5) is 0 Å². The van der Waals surface area contributed by atoms with Crippen molar-refractivity contribution in [2.24, 2.45) is 5.84 Å². The Morgan fingerprint density at radius 3 is 3.00 bits per heavy atom. The number of hydrogen-bond donors (Lipinski definition) is 2. The fourth-order valence-electron chi connectivity index (χ4n) is 1.59. The van der Waals surface area contributed by atoms with Crippen molar-refractivity contribution in [3.05, 3.63) is 0 Å². The van der Waals surface area contributed by atoms with Crippen molar-refractivity contribution < 1.29 is 0 Å². The lowest BCUT2D eigenvalue weighted by molar-refractivity contribution is 0.482. The van der Waals surface area contributed by atoms with Gasteiger partial charge in [0.15, 0.2) is 0 Å². The van der Waals surface area contributed by atoms with Crippen molar-refractivity contribution in [3.8, 4) is 11.8 Å². The van der Waals surface area contributed by atoms with Gasteiger partial charge in [-0.2, -0.15) is 11.8 Å². The molecule has 1 saturated heterocycles. The normalized spacial score (nSPS) is 24.6. The third kappa shape index (κ3) is 3.60. The van der Waals surface area contributed by atoms with Crippen molar-refractivity contribution in [2.45, 2.75) is 43.9 Å². The average Bonchev–Trinajstić information content (AvgIpc) is 2.21. The molecule has 0 spiro atoms. The molecule has 2 unspecified atom stereocenters. The molecule has 0 aliphatic carbocycles. The first-order chi connectivity index (χ1) is 6.38. The Kier molecular flexibility index (Phi) is 5.29. The van der Waals surface area contributed by atoms with E-state index >= 15 is 0 Å². The second-order valence-electron chi connectivity index (χ2n) is 3.31. The van der Waals surface area contributed by atoms with Crippen LogP contribution in [-0.2, 0) is 0 Å². The lowest BCUT2D eigenvalue weighted by Crippen LogP contribution is -2.43. The maximum absolute atomic E-state index is 5.51. The molecule has 2 nitrogen and oxygen atoms in total. The zero-order valence-electron chi connectivity index (χ0n) is 8.18. The van der Waals surface area contributed by atoms with Crippen LogP contribution in [0.25, 0.3) is 0 Å². The summed E-state index contributed by atoms with van der Waals surface area (Å²) in [4.78, 5) is 0. The maximum atomic E-state index is 5.51. The lowest BCUT2D eigenvalue weighted by atomic mass is 10.1. The smallest absolute Gasteiger partial charge is 0.0438 e. The Balaban J connectivity index is 2.37. The predicted molar refractivity (Wildman–Crippen MR) is 59.3 cm³/mol. The Labute approximate surface area is 85.0 Å². The van der Waals surface area contributed by atoms with Crippen LogP contribution < -0.4 is 11.3 Å². The lowest BCUT2D eigenvalue weighted by Gasteiger charge is -2.27. The molecule has 0 saturated carbocycles. The number of rotatable bonds is 3. The maximum Gasteiger partial charge on any atom is 0.0438 e. The van der Waals surface area contributed by atoms with E-state index in [9.17, 15) is 0 Å². The van der Waals surface area contributed by atoms with E-state index < -0.39 is 0 Å². The summed E-state index contributed by atoms with van der Waals surface area (Å²) >= 11 is 2.04. The van der Waals surface area contributed by atoms with Crippen LogP contribution in [0.2, 0.25) is 0 Å². The van der Waals surface area contributed by atoms with Crippen LogP contribution in [0.1, 0.15) is 32.6 Å². The molecule has 74 valence electrons. The second-order valence-corrected chi connectivity index (χ2v) is 4.66. The molecule has 0 bridgehead atoms. The molecule has 1 fully saturated rings. The molecule has 1 aliphatic heterocycles. The first kappa shape index (κ1) is 10.9. The fourth-order valence-corrected chi connectivity index (χ4v) is 3.01. The van der Waals surface area contributed by atoms with Crippen LogP contribution in [0.3, 0.4) is 0 Å². The van der Waals surface area contributed by atoms with Gasteiger partial charge in [-0.15, -0.1) is 11.8 Å². The molecule has 3 heteroatoms. The SMILES string of the molecule is CC#CCC(NN)C1CCCCS1.